The lowest BCUT2D eigenvalue weighted by atomic mass is 10.1. The minimum Gasteiger partial charge on any atom is -0.482 e. The number of piperidine rings is 1. The molecule has 2 aliphatic heterocycles. The molecular weight excluding hydrogens is 368 g/mol. The number of anilines is 2. The quantitative estimate of drug-likeness (QED) is 0.815. The van der Waals surface area contributed by atoms with Crippen molar-refractivity contribution in [3.8, 4) is 5.75 Å². The number of hydrogen-bond donors (Lipinski definition) is 1. The summed E-state index contributed by atoms with van der Waals surface area (Å²) in [5, 5.41) is 2.98. The van der Waals surface area contributed by atoms with Gasteiger partial charge in [0.15, 0.2) is 6.61 Å². The maximum Gasteiger partial charge on any atom is 0.265 e. The van der Waals surface area contributed by atoms with Crippen molar-refractivity contribution in [2.75, 3.05) is 36.0 Å². The molecule has 7 nitrogen and oxygen atoms in total. The van der Waals surface area contributed by atoms with E-state index in [0.717, 1.165) is 30.2 Å². The zero-order chi connectivity index (χ0) is 20.1. The number of hydrogen-bond acceptors (Lipinski definition) is 5. The molecule has 1 fully saturated rings. The number of carbonyl (C=O) groups is 2. The first kappa shape index (κ1) is 19.2. The van der Waals surface area contributed by atoms with Crippen molar-refractivity contribution in [3.05, 3.63) is 48.2 Å². The van der Waals surface area contributed by atoms with E-state index in [2.05, 4.69) is 15.2 Å². The number of rotatable bonds is 6. The van der Waals surface area contributed by atoms with Gasteiger partial charge in [0.25, 0.3) is 5.91 Å². The molecule has 0 spiro atoms. The number of para-hydroxylation sites is 2. The topological polar surface area (TPSA) is 74.8 Å². The number of benzene rings is 1. The van der Waals surface area contributed by atoms with Gasteiger partial charge >= 0.3 is 0 Å². The second kappa shape index (κ2) is 8.94. The minimum atomic E-state index is -0.129. The summed E-state index contributed by atoms with van der Waals surface area (Å²) in [4.78, 5) is 33.1. The smallest absolute Gasteiger partial charge is 0.265 e. The number of fused-ring (bicyclic) bond motifs is 1. The van der Waals surface area contributed by atoms with Crippen LogP contribution in [0.5, 0.6) is 5.75 Å². The van der Waals surface area contributed by atoms with Crippen molar-refractivity contribution in [3.63, 3.8) is 0 Å². The van der Waals surface area contributed by atoms with Gasteiger partial charge in [0.05, 0.1) is 5.69 Å². The van der Waals surface area contributed by atoms with Gasteiger partial charge in [-0.05, 0) is 37.5 Å². The Bertz CT molecular complexity index is 880. The highest BCUT2D eigenvalue weighted by Crippen LogP contribution is 2.31. The maximum atomic E-state index is 12.5. The first-order valence-corrected chi connectivity index (χ1v) is 10.2. The van der Waals surface area contributed by atoms with Crippen LogP contribution in [0.3, 0.4) is 0 Å². The number of pyridine rings is 1. The molecule has 0 atom stereocenters. The highest BCUT2D eigenvalue weighted by molar-refractivity contribution is 5.98. The van der Waals surface area contributed by atoms with Gasteiger partial charge in [-0.1, -0.05) is 18.2 Å². The van der Waals surface area contributed by atoms with E-state index in [1.54, 1.807) is 11.1 Å². The number of nitrogens with zero attached hydrogens (tertiary/aromatic N) is 3. The van der Waals surface area contributed by atoms with Gasteiger partial charge < -0.3 is 19.9 Å². The van der Waals surface area contributed by atoms with Gasteiger partial charge in [0.2, 0.25) is 5.91 Å². The van der Waals surface area contributed by atoms with Crippen LogP contribution in [0.25, 0.3) is 0 Å². The molecule has 4 rings (SSSR count). The summed E-state index contributed by atoms with van der Waals surface area (Å²) in [6.45, 7) is 2.80. The van der Waals surface area contributed by atoms with Gasteiger partial charge in [-0.3, -0.25) is 9.59 Å². The Morgan fingerprint density at radius 2 is 1.93 bits per heavy atom. The van der Waals surface area contributed by atoms with Crippen LogP contribution in [-0.2, 0) is 16.1 Å². The fraction of sp³-hybridized carbons (Fsp3) is 0.409. The van der Waals surface area contributed by atoms with E-state index in [4.69, 9.17) is 4.74 Å². The molecule has 0 radical (unpaired) electrons. The molecule has 1 aromatic carbocycles. The van der Waals surface area contributed by atoms with Crippen molar-refractivity contribution in [2.24, 2.45) is 0 Å². The predicted molar refractivity (Wildman–Crippen MR) is 111 cm³/mol. The SMILES string of the molecule is O=C(CCN1C(=O)COc2ccccc21)NCc1cccnc1N1CCCCC1. The third kappa shape index (κ3) is 4.50. The number of carbonyl (C=O) groups excluding carboxylic acids is 2. The second-order valence-electron chi connectivity index (χ2n) is 7.36. The van der Waals surface area contributed by atoms with Crippen LogP contribution in [0.15, 0.2) is 42.6 Å². The number of ether oxygens (including phenoxy) is 1. The van der Waals surface area contributed by atoms with Crippen LogP contribution in [0, 0.1) is 0 Å². The molecular formula is C22H26N4O3. The Balaban J connectivity index is 1.34. The molecule has 0 saturated carbocycles. The molecule has 1 N–H and O–H groups in total. The number of amides is 2. The lowest BCUT2D eigenvalue weighted by Gasteiger charge is -2.29. The van der Waals surface area contributed by atoms with Gasteiger partial charge in [-0.25, -0.2) is 4.98 Å². The summed E-state index contributed by atoms with van der Waals surface area (Å²) in [6.07, 6.45) is 5.66. The van der Waals surface area contributed by atoms with Crippen LogP contribution in [0.2, 0.25) is 0 Å². The second-order valence-corrected chi connectivity index (χ2v) is 7.36. The average Bonchev–Trinajstić information content (AvgIpc) is 2.78. The van der Waals surface area contributed by atoms with E-state index in [1.165, 1.54) is 19.3 Å². The summed E-state index contributed by atoms with van der Waals surface area (Å²) in [6, 6.07) is 11.3. The number of aromatic nitrogens is 1. The highest BCUT2D eigenvalue weighted by atomic mass is 16.5. The molecule has 0 unspecified atom stereocenters. The van der Waals surface area contributed by atoms with Crippen LogP contribution < -0.4 is 19.9 Å². The Hall–Kier alpha value is -3.09. The van der Waals surface area contributed by atoms with Crippen molar-refractivity contribution in [1.29, 1.82) is 0 Å². The van der Waals surface area contributed by atoms with E-state index in [9.17, 15) is 9.59 Å². The van der Waals surface area contributed by atoms with E-state index >= 15 is 0 Å². The standard InChI is InChI=1S/C22H26N4O3/c27-20(10-14-26-18-8-2-3-9-19(18)29-16-21(26)28)24-15-17-7-6-11-23-22(17)25-12-4-1-5-13-25/h2-3,6-9,11H,1,4-5,10,12-16H2,(H,24,27). The van der Waals surface area contributed by atoms with Gasteiger partial charge in [-0.2, -0.15) is 0 Å². The van der Waals surface area contributed by atoms with E-state index in [0.29, 0.717) is 18.8 Å². The van der Waals surface area contributed by atoms with Gasteiger partial charge in [-0.15, -0.1) is 0 Å². The van der Waals surface area contributed by atoms with Crippen LogP contribution in [0.1, 0.15) is 31.2 Å². The fourth-order valence-corrected chi connectivity index (χ4v) is 3.85. The third-order valence-electron chi connectivity index (χ3n) is 5.37. The first-order valence-electron chi connectivity index (χ1n) is 10.2. The van der Waals surface area contributed by atoms with E-state index < -0.39 is 0 Å². The zero-order valence-electron chi connectivity index (χ0n) is 16.5. The van der Waals surface area contributed by atoms with E-state index in [1.807, 2.05) is 36.4 Å². The van der Waals surface area contributed by atoms with Crippen LogP contribution in [-0.4, -0.2) is 43.0 Å². The lowest BCUT2D eigenvalue weighted by Crippen LogP contribution is -2.41. The summed E-state index contributed by atoms with van der Waals surface area (Å²) < 4.78 is 5.45. The third-order valence-corrected chi connectivity index (χ3v) is 5.37. The molecule has 0 aliphatic carbocycles. The molecule has 0 bridgehead atoms. The van der Waals surface area contributed by atoms with Gasteiger partial charge in [0, 0.05) is 44.4 Å². The molecule has 152 valence electrons. The average molecular weight is 394 g/mol. The monoisotopic (exact) mass is 394 g/mol. The summed E-state index contributed by atoms with van der Waals surface area (Å²) in [5.74, 6) is 1.42. The Labute approximate surface area is 170 Å². The van der Waals surface area contributed by atoms with Crippen molar-refractivity contribution in [2.45, 2.75) is 32.2 Å². The van der Waals surface area contributed by atoms with Crippen molar-refractivity contribution < 1.29 is 14.3 Å². The molecule has 2 aromatic rings. The first-order chi connectivity index (χ1) is 14.2. The summed E-state index contributed by atoms with van der Waals surface area (Å²) in [7, 11) is 0. The zero-order valence-corrected chi connectivity index (χ0v) is 16.5. The lowest BCUT2D eigenvalue weighted by molar-refractivity contribution is -0.122. The van der Waals surface area contributed by atoms with Gasteiger partial charge in [0.1, 0.15) is 11.6 Å². The molecule has 2 aliphatic rings. The molecule has 2 amide bonds. The molecule has 1 saturated heterocycles. The Kier molecular flexibility index (Phi) is 5.93. The highest BCUT2D eigenvalue weighted by Gasteiger charge is 2.25. The molecule has 3 heterocycles. The minimum absolute atomic E-state index is 0.00745. The predicted octanol–water partition coefficient (Wildman–Crippen LogP) is 2.50. The van der Waals surface area contributed by atoms with Crippen LogP contribution >= 0.6 is 0 Å². The van der Waals surface area contributed by atoms with Crippen molar-refractivity contribution >= 4 is 23.3 Å². The normalized spacial score (nSPS) is 16.2. The summed E-state index contributed by atoms with van der Waals surface area (Å²) >= 11 is 0. The molecule has 7 heteroatoms. The summed E-state index contributed by atoms with van der Waals surface area (Å²) in [5.41, 5.74) is 1.74. The van der Waals surface area contributed by atoms with Crippen molar-refractivity contribution in [1.82, 2.24) is 10.3 Å². The maximum absolute atomic E-state index is 12.5. The number of nitrogens with one attached hydrogen (secondary N) is 1. The molecule has 29 heavy (non-hydrogen) atoms. The Morgan fingerprint density at radius 3 is 2.79 bits per heavy atom. The molecule has 1 aromatic heterocycles. The Morgan fingerprint density at radius 1 is 1.10 bits per heavy atom. The fourth-order valence-electron chi connectivity index (χ4n) is 3.85. The largest absolute Gasteiger partial charge is 0.482 e. The van der Waals surface area contributed by atoms with E-state index in [-0.39, 0.29) is 24.8 Å². The van der Waals surface area contributed by atoms with Crippen LogP contribution in [0.4, 0.5) is 11.5 Å².